The normalized spacial score (nSPS) is 21.5. The minimum Gasteiger partial charge on any atom is -0.450 e. The van der Waals surface area contributed by atoms with Crippen LogP contribution >= 0.6 is 23.2 Å². The lowest BCUT2D eigenvalue weighted by Crippen LogP contribution is -2.37. The van der Waals surface area contributed by atoms with Crippen LogP contribution in [0.1, 0.15) is 43.5 Å². The van der Waals surface area contributed by atoms with Crippen molar-refractivity contribution < 1.29 is 28.3 Å². The first kappa shape index (κ1) is 25.3. The third-order valence-electron chi connectivity index (χ3n) is 5.65. The number of hydrogen-bond donors (Lipinski definition) is 2. The van der Waals surface area contributed by atoms with E-state index in [4.69, 9.17) is 32.8 Å². The monoisotopic (exact) mass is 501 g/mol. The Labute approximate surface area is 201 Å². The van der Waals surface area contributed by atoms with Crippen molar-refractivity contribution >= 4 is 46.7 Å². The molecule has 1 aromatic carbocycles. The Hall–Kier alpha value is -2.36. The molecule has 0 aromatic heterocycles. The van der Waals surface area contributed by atoms with Gasteiger partial charge in [-0.3, -0.25) is 4.79 Å². The van der Waals surface area contributed by atoms with E-state index in [0.717, 1.165) is 6.07 Å². The Morgan fingerprint density at radius 3 is 2.67 bits per heavy atom. The molecular formula is C22H26Cl2FN3O5. The van der Waals surface area contributed by atoms with Gasteiger partial charge in [0.25, 0.3) is 0 Å². The molecule has 1 saturated heterocycles. The second kappa shape index (κ2) is 10.7. The van der Waals surface area contributed by atoms with Crippen molar-refractivity contribution in [3.63, 3.8) is 0 Å². The highest BCUT2D eigenvalue weighted by Crippen LogP contribution is 2.42. The predicted molar refractivity (Wildman–Crippen MR) is 122 cm³/mol. The number of ether oxygens (including phenoxy) is 1. The van der Waals surface area contributed by atoms with Gasteiger partial charge in [-0.1, -0.05) is 36.7 Å². The van der Waals surface area contributed by atoms with Gasteiger partial charge >= 0.3 is 12.1 Å². The zero-order chi connectivity index (χ0) is 24.3. The molecule has 1 amide bonds. The number of amides is 1. The maximum Gasteiger partial charge on any atom is 0.407 e. The first-order valence-electron chi connectivity index (χ1n) is 10.7. The van der Waals surface area contributed by atoms with Crippen molar-refractivity contribution in [2.45, 2.75) is 45.2 Å². The maximum absolute atomic E-state index is 15.0. The summed E-state index contributed by atoms with van der Waals surface area (Å²) in [5.41, 5.74) is 2.92. The summed E-state index contributed by atoms with van der Waals surface area (Å²) in [5, 5.41) is 2.62. The van der Waals surface area contributed by atoms with Crippen LogP contribution < -0.4 is 15.7 Å². The number of benzene rings is 1. The molecule has 0 radical (unpaired) electrons. The number of rotatable bonds is 9. The fourth-order valence-electron chi connectivity index (χ4n) is 3.64. The van der Waals surface area contributed by atoms with Gasteiger partial charge in [0.05, 0.1) is 34.4 Å². The van der Waals surface area contributed by atoms with E-state index in [1.165, 1.54) is 0 Å². The first-order chi connectivity index (χ1) is 15.7. The average Bonchev–Trinajstić information content (AvgIpc) is 3.43. The van der Waals surface area contributed by atoms with E-state index < -0.39 is 35.6 Å². The van der Waals surface area contributed by atoms with Gasteiger partial charge in [0.1, 0.15) is 5.82 Å². The van der Waals surface area contributed by atoms with Crippen molar-refractivity contribution in [1.29, 1.82) is 0 Å². The van der Waals surface area contributed by atoms with Crippen LogP contribution in [0.25, 0.3) is 0 Å². The molecule has 2 N–H and O–H groups in total. The first-order valence-corrected chi connectivity index (χ1v) is 11.5. The number of hydroxylamine groups is 1. The van der Waals surface area contributed by atoms with E-state index in [-0.39, 0.29) is 33.9 Å². The third-order valence-corrected chi connectivity index (χ3v) is 6.50. The van der Waals surface area contributed by atoms with E-state index in [1.807, 2.05) is 0 Å². The zero-order valence-corrected chi connectivity index (χ0v) is 19.9. The van der Waals surface area contributed by atoms with E-state index in [0.29, 0.717) is 37.9 Å². The van der Waals surface area contributed by atoms with Gasteiger partial charge in [-0.05, 0) is 32.3 Å². The van der Waals surface area contributed by atoms with Crippen molar-refractivity contribution in [2.75, 3.05) is 24.6 Å². The molecule has 2 aliphatic rings. The number of Topliss-reactive ketones (excluding diaryl/α,β-unsaturated/α-hetero) is 1. The molecule has 3 atom stereocenters. The van der Waals surface area contributed by atoms with Crippen LogP contribution in [0.3, 0.4) is 0 Å². The van der Waals surface area contributed by atoms with Gasteiger partial charge in [-0.15, -0.1) is 5.48 Å². The molecule has 1 aromatic rings. The molecule has 180 valence electrons. The Morgan fingerprint density at radius 1 is 1.27 bits per heavy atom. The molecule has 0 bridgehead atoms. The third kappa shape index (κ3) is 5.77. The van der Waals surface area contributed by atoms with Crippen molar-refractivity contribution in [1.82, 2.24) is 10.8 Å². The number of anilines is 1. The minimum atomic E-state index is -0.680. The maximum atomic E-state index is 15.0. The fourth-order valence-corrected chi connectivity index (χ4v) is 4.18. The Morgan fingerprint density at radius 2 is 2.00 bits per heavy atom. The summed E-state index contributed by atoms with van der Waals surface area (Å²) in [6, 6.07) is 0.458. The molecule has 3 rings (SSSR count). The lowest BCUT2D eigenvalue weighted by atomic mass is 10.1. The van der Waals surface area contributed by atoms with E-state index in [2.05, 4.69) is 17.4 Å². The summed E-state index contributed by atoms with van der Waals surface area (Å²) < 4.78 is 19.9. The van der Waals surface area contributed by atoms with Gasteiger partial charge in [0, 0.05) is 30.1 Å². The van der Waals surface area contributed by atoms with Gasteiger partial charge < -0.3 is 19.8 Å². The largest absolute Gasteiger partial charge is 0.450 e. The average molecular weight is 502 g/mol. The lowest BCUT2D eigenvalue weighted by molar-refractivity contribution is -0.146. The number of nitrogens with zero attached hydrogens (tertiary/aromatic N) is 1. The SMILES string of the molecule is C=C(CC)C(=O)ONC1CC1C(=O)c1cc(F)c(N2CCC(NC(=O)OCC)C2)c(Cl)c1Cl. The fraction of sp³-hybridized carbons (Fsp3) is 0.500. The minimum absolute atomic E-state index is 0.0260. The van der Waals surface area contributed by atoms with Crippen LogP contribution in [0.4, 0.5) is 14.9 Å². The Balaban J connectivity index is 1.66. The number of halogens is 3. The topological polar surface area (TPSA) is 97.0 Å². The van der Waals surface area contributed by atoms with Gasteiger partial charge in [-0.25, -0.2) is 14.0 Å². The quantitative estimate of drug-likeness (QED) is 0.228. The van der Waals surface area contributed by atoms with Crippen molar-refractivity contribution in [3.8, 4) is 0 Å². The van der Waals surface area contributed by atoms with Crippen molar-refractivity contribution in [2.24, 2.45) is 5.92 Å². The summed E-state index contributed by atoms with van der Waals surface area (Å²) in [6.07, 6.45) is 0.900. The van der Waals surface area contributed by atoms with Crippen LogP contribution in [0.5, 0.6) is 0 Å². The smallest absolute Gasteiger partial charge is 0.407 e. The van der Waals surface area contributed by atoms with Crippen LogP contribution in [0.15, 0.2) is 18.2 Å². The summed E-state index contributed by atoms with van der Waals surface area (Å²) in [5.74, 6) is -2.18. The molecular weight excluding hydrogens is 476 g/mol. The van der Waals surface area contributed by atoms with Crippen LogP contribution in [-0.2, 0) is 14.4 Å². The summed E-state index contributed by atoms with van der Waals surface area (Å²) >= 11 is 12.7. The number of carbonyl (C=O) groups is 3. The molecule has 1 aliphatic carbocycles. The second-order valence-corrected chi connectivity index (χ2v) is 8.71. The molecule has 11 heteroatoms. The molecule has 3 unspecified atom stereocenters. The lowest BCUT2D eigenvalue weighted by Gasteiger charge is -2.22. The van der Waals surface area contributed by atoms with E-state index in [9.17, 15) is 14.4 Å². The zero-order valence-electron chi connectivity index (χ0n) is 18.4. The van der Waals surface area contributed by atoms with Crippen LogP contribution in [0.2, 0.25) is 10.0 Å². The summed E-state index contributed by atoms with van der Waals surface area (Å²) in [6.45, 7) is 8.08. The molecule has 0 spiro atoms. The predicted octanol–water partition coefficient (Wildman–Crippen LogP) is 4.04. The van der Waals surface area contributed by atoms with Crippen LogP contribution in [-0.4, -0.2) is 49.6 Å². The summed E-state index contributed by atoms with van der Waals surface area (Å²) in [4.78, 5) is 42.8. The highest BCUT2D eigenvalue weighted by molar-refractivity contribution is 6.45. The second-order valence-electron chi connectivity index (χ2n) is 7.96. The van der Waals surface area contributed by atoms with Crippen LogP contribution in [0, 0.1) is 11.7 Å². The number of carbonyl (C=O) groups excluding carboxylic acids is 3. The molecule has 1 heterocycles. The van der Waals surface area contributed by atoms with Gasteiger partial charge in [0.15, 0.2) is 5.78 Å². The number of ketones is 1. The molecule has 2 fully saturated rings. The Kier molecular flexibility index (Phi) is 8.20. The number of nitrogens with one attached hydrogen (secondary N) is 2. The standard InChI is InChI=1S/C22H26Cl2FN3O5/c1-4-11(3)21(30)33-27-16-9-13(16)20(29)14-8-15(25)19(18(24)17(14)23)28-7-6-12(10-28)26-22(31)32-5-2/h8,12-13,16,27H,3-7,9-10H2,1-2H3,(H,26,31). The summed E-state index contributed by atoms with van der Waals surface area (Å²) in [7, 11) is 0. The molecule has 1 saturated carbocycles. The Bertz CT molecular complexity index is 974. The van der Waals surface area contributed by atoms with E-state index >= 15 is 4.39 Å². The number of hydrogen-bond acceptors (Lipinski definition) is 7. The molecule has 1 aliphatic heterocycles. The molecule has 8 nitrogen and oxygen atoms in total. The van der Waals surface area contributed by atoms with E-state index in [1.54, 1.807) is 18.7 Å². The number of alkyl carbamates (subject to hydrolysis) is 1. The van der Waals surface area contributed by atoms with Crippen molar-refractivity contribution in [3.05, 3.63) is 39.6 Å². The van der Waals surface area contributed by atoms with Gasteiger partial charge in [-0.2, -0.15) is 0 Å². The van der Waals surface area contributed by atoms with Gasteiger partial charge in [0.2, 0.25) is 0 Å². The highest BCUT2D eigenvalue weighted by Gasteiger charge is 2.45. The molecule has 33 heavy (non-hydrogen) atoms. The highest BCUT2D eigenvalue weighted by atomic mass is 35.5.